The second kappa shape index (κ2) is 10.2. The molecule has 30 heavy (non-hydrogen) atoms. The molecule has 0 saturated carbocycles. The van der Waals surface area contributed by atoms with Crippen molar-refractivity contribution in [2.75, 3.05) is 39.3 Å². The van der Waals surface area contributed by atoms with E-state index in [9.17, 15) is 13.2 Å². The summed E-state index contributed by atoms with van der Waals surface area (Å²) in [6.45, 7) is 8.02. The zero-order chi connectivity index (χ0) is 21.7. The molecule has 2 aromatic rings. The standard InChI is InChI=1S/C20H28N4O3S3/c1-4-23(5-2)30(26,27)24-12-10-22(11-13-24)20(25)17-6-8-19(9-7-17)29-15-18-14-28-16(3)21-18/h6-9,14H,4-5,10-13,15H2,1-3H3. The van der Waals surface area contributed by atoms with E-state index < -0.39 is 10.2 Å². The first-order chi connectivity index (χ1) is 14.3. The minimum absolute atomic E-state index is 0.0541. The van der Waals surface area contributed by atoms with E-state index in [4.69, 9.17) is 0 Å². The van der Waals surface area contributed by atoms with Crippen LogP contribution in [0.2, 0.25) is 0 Å². The van der Waals surface area contributed by atoms with Gasteiger partial charge in [0.05, 0.1) is 10.7 Å². The van der Waals surface area contributed by atoms with Crippen LogP contribution in [0.4, 0.5) is 0 Å². The highest BCUT2D eigenvalue weighted by Gasteiger charge is 2.32. The number of hydrogen-bond donors (Lipinski definition) is 0. The number of hydrogen-bond acceptors (Lipinski definition) is 6. The molecule has 7 nitrogen and oxygen atoms in total. The Labute approximate surface area is 187 Å². The number of thioether (sulfide) groups is 1. The quantitative estimate of drug-likeness (QED) is 0.557. The second-order valence-corrected chi connectivity index (χ2v) is 11.0. The first kappa shape index (κ1) is 23.2. The topological polar surface area (TPSA) is 73.8 Å². The van der Waals surface area contributed by atoms with Crippen molar-refractivity contribution in [3.8, 4) is 0 Å². The van der Waals surface area contributed by atoms with E-state index in [2.05, 4.69) is 10.4 Å². The van der Waals surface area contributed by atoms with Crippen molar-refractivity contribution in [1.29, 1.82) is 0 Å². The fraction of sp³-hybridized carbons (Fsp3) is 0.500. The van der Waals surface area contributed by atoms with Gasteiger partial charge < -0.3 is 4.90 Å². The molecule has 0 aliphatic carbocycles. The molecular formula is C20H28N4O3S3. The van der Waals surface area contributed by atoms with Crippen molar-refractivity contribution in [1.82, 2.24) is 18.5 Å². The van der Waals surface area contributed by atoms with E-state index in [-0.39, 0.29) is 5.91 Å². The maximum absolute atomic E-state index is 12.8. The lowest BCUT2D eigenvalue weighted by Gasteiger charge is -2.36. The van der Waals surface area contributed by atoms with Crippen molar-refractivity contribution in [3.05, 3.63) is 45.9 Å². The molecule has 0 atom stereocenters. The summed E-state index contributed by atoms with van der Waals surface area (Å²) in [4.78, 5) is 20.1. The summed E-state index contributed by atoms with van der Waals surface area (Å²) in [6.07, 6.45) is 0. The van der Waals surface area contributed by atoms with Crippen LogP contribution in [0, 0.1) is 6.92 Å². The predicted octanol–water partition coefficient (Wildman–Crippen LogP) is 3.09. The first-order valence-electron chi connectivity index (χ1n) is 10.0. The van der Waals surface area contributed by atoms with Gasteiger partial charge in [-0.05, 0) is 31.2 Å². The van der Waals surface area contributed by atoms with Gasteiger partial charge in [0, 0.05) is 60.9 Å². The summed E-state index contributed by atoms with van der Waals surface area (Å²) in [7, 11) is -3.45. The summed E-state index contributed by atoms with van der Waals surface area (Å²) in [5.74, 6) is 0.752. The minimum Gasteiger partial charge on any atom is -0.336 e. The van der Waals surface area contributed by atoms with E-state index in [1.165, 1.54) is 8.61 Å². The minimum atomic E-state index is -3.45. The zero-order valence-corrected chi connectivity index (χ0v) is 20.0. The second-order valence-electron chi connectivity index (χ2n) is 6.95. The molecule has 0 spiro atoms. The van der Waals surface area contributed by atoms with Crippen LogP contribution in [0.25, 0.3) is 0 Å². The number of aromatic nitrogens is 1. The fourth-order valence-electron chi connectivity index (χ4n) is 3.34. The van der Waals surface area contributed by atoms with Crippen LogP contribution in [0.3, 0.4) is 0 Å². The average Bonchev–Trinajstić information content (AvgIpc) is 3.18. The van der Waals surface area contributed by atoms with Gasteiger partial charge in [0.1, 0.15) is 0 Å². The molecule has 0 unspecified atom stereocenters. The fourth-order valence-corrected chi connectivity index (χ4v) is 6.46. The van der Waals surface area contributed by atoms with Crippen LogP contribution in [0.5, 0.6) is 0 Å². The zero-order valence-electron chi connectivity index (χ0n) is 17.6. The Morgan fingerprint density at radius 1 is 1.13 bits per heavy atom. The lowest BCUT2D eigenvalue weighted by Crippen LogP contribution is -2.54. The molecule has 0 N–H and O–H groups in total. The number of benzene rings is 1. The predicted molar refractivity (Wildman–Crippen MR) is 122 cm³/mol. The first-order valence-corrected chi connectivity index (χ1v) is 13.3. The van der Waals surface area contributed by atoms with Crippen LogP contribution < -0.4 is 0 Å². The van der Waals surface area contributed by atoms with Gasteiger partial charge in [-0.2, -0.15) is 17.0 Å². The van der Waals surface area contributed by atoms with Gasteiger partial charge in [-0.25, -0.2) is 4.98 Å². The van der Waals surface area contributed by atoms with Crippen molar-refractivity contribution in [3.63, 3.8) is 0 Å². The summed E-state index contributed by atoms with van der Waals surface area (Å²) in [5, 5.41) is 3.14. The molecule has 1 aliphatic rings. The normalized spacial score (nSPS) is 15.7. The largest absolute Gasteiger partial charge is 0.336 e. The third-order valence-corrected chi connectivity index (χ3v) is 9.09. The van der Waals surface area contributed by atoms with Gasteiger partial charge in [-0.15, -0.1) is 23.1 Å². The van der Waals surface area contributed by atoms with Gasteiger partial charge >= 0.3 is 0 Å². The number of thiazole rings is 1. The number of carbonyl (C=O) groups excluding carboxylic acids is 1. The number of aryl methyl sites for hydroxylation is 1. The maximum Gasteiger partial charge on any atom is 0.282 e. The van der Waals surface area contributed by atoms with Gasteiger partial charge in [-0.3, -0.25) is 4.79 Å². The highest BCUT2D eigenvalue weighted by atomic mass is 32.2. The van der Waals surface area contributed by atoms with Gasteiger partial charge in [0.15, 0.2) is 0 Å². The number of carbonyl (C=O) groups is 1. The van der Waals surface area contributed by atoms with Crippen LogP contribution in [0.1, 0.15) is 34.9 Å². The van der Waals surface area contributed by atoms with Gasteiger partial charge in [-0.1, -0.05) is 13.8 Å². The lowest BCUT2D eigenvalue weighted by molar-refractivity contribution is 0.0694. The molecule has 1 amide bonds. The van der Waals surface area contributed by atoms with Crippen LogP contribution in [0.15, 0.2) is 34.5 Å². The number of nitrogens with zero attached hydrogens (tertiary/aromatic N) is 4. The Kier molecular flexibility index (Phi) is 7.92. The summed E-state index contributed by atoms with van der Waals surface area (Å²) in [5.41, 5.74) is 1.70. The molecule has 1 fully saturated rings. The molecule has 1 aromatic carbocycles. The number of amides is 1. The molecule has 1 saturated heterocycles. The smallest absolute Gasteiger partial charge is 0.282 e. The van der Waals surface area contributed by atoms with Crippen molar-refractivity contribution < 1.29 is 13.2 Å². The summed E-state index contributed by atoms with van der Waals surface area (Å²) < 4.78 is 28.2. The van der Waals surface area contributed by atoms with Crippen LogP contribution in [-0.2, 0) is 16.0 Å². The molecular weight excluding hydrogens is 440 g/mol. The Morgan fingerprint density at radius 3 is 2.30 bits per heavy atom. The Bertz CT molecular complexity index is 948. The highest BCUT2D eigenvalue weighted by molar-refractivity contribution is 7.98. The third kappa shape index (κ3) is 5.42. The van der Waals surface area contributed by atoms with Crippen molar-refractivity contribution in [2.24, 2.45) is 0 Å². The molecule has 2 heterocycles. The monoisotopic (exact) mass is 468 g/mol. The molecule has 1 aliphatic heterocycles. The Hall–Kier alpha value is -1.46. The highest BCUT2D eigenvalue weighted by Crippen LogP contribution is 2.24. The Balaban J connectivity index is 1.54. The molecule has 10 heteroatoms. The molecule has 0 bridgehead atoms. The third-order valence-electron chi connectivity index (χ3n) is 5.04. The lowest BCUT2D eigenvalue weighted by atomic mass is 10.2. The van der Waals surface area contributed by atoms with Gasteiger partial charge in [0.2, 0.25) is 0 Å². The molecule has 164 valence electrons. The number of rotatable bonds is 8. The summed E-state index contributed by atoms with van der Waals surface area (Å²) >= 11 is 3.34. The summed E-state index contributed by atoms with van der Waals surface area (Å²) in [6, 6.07) is 7.60. The molecule has 1 aromatic heterocycles. The van der Waals surface area contributed by atoms with E-state index >= 15 is 0 Å². The van der Waals surface area contributed by atoms with Crippen molar-refractivity contribution >= 4 is 39.2 Å². The van der Waals surface area contributed by atoms with E-state index in [0.717, 1.165) is 21.3 Å². The SMILES string of the molecule is CCN(CC)S(=O)(=O)N1CCN(C(=O)c2ccc(SCc3csc(C)n3)cc2)CC1. The molecule has 0 radical (unpaired) electrons. The molecule has 3 rings (SSSR count). The Morgan fingerprint density at radius 2 is 1.77 bits per heavy atom. The van der Waals surface area contributed by atoms with Crippen LogP contribution >= 0.6 is 23.1 Å². The van der Waals surface area contributed by atoms with Crippen LogP contribution in [-0.4, -0.2) is 72.1 Å². The van der Waals surface area contributed by atoms with E-state index in [1.807, 2.05) is 45.0 Å². The van der Waals surface area contributed by atoms with Crippen molar-refractivity contribution in [2.45, 2.75) is 31.4 Å². The van der Waals surface area contributed by atoms with Gasteiger partial charge in [0.25, 0.3) is 16.1 Å². The van der Waals surface area contributed by atoms with E-state index in [1.54, 1.807) is 28.0 Å². The van der Waals surface area contributed by atoms with E-state index in [0.29, 0.717) is 44.8 Å². The average molecular weight is 469 g/mol. The maximum atomic E-state index is 12.8. The number of piperazine rings is 1.